The number of hydrogen-bond acceptors (Lipinski definition) is 8. The van der Waals surface area contributed by atoms with Crippen molar-refractivity contribution in [3.05, 3.63) is 95.4 Å². The Bertz CT molecular complexity index is 1120. The number of carbonyl (C=O) groups is 3. The van der Waals surface area contributed by atoms with Crippen LogP contribution in [0.5, 0.6) is 5.75 Å². The molecule has 0 aromatic heterocycles. The first-order valence-corrected chi connectivity index (χ1v) is 9.55. The first kappa shape index (κ1) is 22.4. The number of phenolic OH excluding ortho intramolecular Hbond substituents is 1. The van der Waals surface area contributed by atoms with E-state index in [-0.39, 0.29) is 29.2 Å². The van der Waals surface area contributed by atoms with Crippen LogP contribution in [0, 0.1) is 0 Å². The largest absolute Gasteiger partial charge is 0.507 e. The van der Waals surface area contributed by atoms with Crippen molar-refractivity contribution in [2.24, 2.45) is 0 Å². The highest BCUT2D eigenvalue weighted by Crippen LogP contribution is 2.31. The molecule has 0 radical (unpaired) electrons. The van der Waals surface area contributed by atoms with Gasteiger partial charge in [0.25, 0.3) is 0 Å². The lowest BCUT2D eigenvalue weighted by Gasteiger charge is -2.23. The van der Waals surface area contributed by atoms with Gasteiger partial charge >= 0.3 is 17.9 Å². The fourth-order valence-electron chi connectivity index (χ4n) is 3.01. The van der Waals surface area contributed by atoms with E-state index < -0.39 is 17.9 Å². The van der Waals surface area contributed by atoms with E-state index in [0.717, 1.165) is 5.56 Å². The van der Waals surface area contributed by atoms with Crippen LogP contribution in [0.3, 0.4) is 0 Å². The van der Waals surface area contributed by atoms with Crippen molar-refractivity contribution in [3.8, 4) is 5.75 Å². The zero-order valence-corrected chi connectivity index (χ0v) is 17.5. The van der Waals surface area contributed by atoms with Crippen molar-refractivity contribution < 1.29 is 33.7 Å². The molecular weight excluding hydrogens is 414 g/mol. The number of esters is 3. The van der Waals surface area contributed by atoms with Crippen molar-refractivity contribution >= 4 is 23.6 Å². The quantitative estimate of drug-likeness (QED) is 0.545. The van der Waals surface area contributed by atoms with Gasteiger partial charge in [0.1, 0.15) is 23.6 Å². The van der Waals surface area contributed by atoms with Gasteiger partial charge in [0, 0.05) is 18.0 Å². The second-order valence-electron chi connectivity index (χ2n) is 6.58. The molecule has 164 valence electrons. The van der Waals surface area contributed by atoms with Gasteiger partial charge in [-0.25, -0.2) is 14.4 Å². The molecule has 0 unspecified atom stereocenters. The normalized spacial score (nSPS) is 12.9. The van der Waals surface area contributed by atoms with Crippen LogP contribution < -0.4 is 4.90 Å². The maximum atomic E-state index is 12.5. The SMILES string of the molecule is COC(=O)C1=C(C(=O)OC)N(c2ccc(C(=O)OCc3ccccc3)c(O)c2)C=CC=C1. The highest BCUT2D eigenvalue weighted by molar-refractivity contribution is 6.05. The average molecular weight is 435 g/mol. The third-order valence-electron chi connectivity index (χ3n) is 4.58. The van der Waals surface area contributed by atoms with Crippen LogP contribution >= 0.6 is 0 Å². The van der Waals surface area contributed by atoms with Crippen LogP contribution in [0.1, 0.15) is 15.9 Å². The first-order chi connectivity index (χ1) is 15.5. The minimum absolute atomic E-state index is 0.0322. The second-order valence-corrected chi connectivity index (χ2v) is 6.58. The third-order valence-corrected chi connectivity index (χ3v) is 4.58. The summed E-state index contributed by atoms with van der Waals surface area (Å²) in [5.74, 6) is -2.58. The van der Waals surface area contributed by atoms with E-state index in [4.69, 9.17) is 14.2 Å². The molecule has 0 spiro atoms. The predicted molar refractivity (Wildman–Crippen MR) is 115 cm³/mol. The minimum Gasteiger partial charge on any atom is -0.507 e. The molecule has 2 aromatic rings. The van der Waals surface area contributed by atoms with Crippen molar-refractivity contribution in [3.63, 3.8) is 0 Å². The Labute approximate surface area is 184 Å². The molecule has 0 atom stereocenters. The summed E-state index contributed by atoms with van der Waals surface area (Å²) in [6.07, 6.45) is 6.09. The molecule has 0 fully saturated rings. The number of carbonyl (C=O) groups excluding carboxylic acids is 3. The first-order valence-electron chi connectivity index (χ1n) is 9.55. The van der Waals surface area contributed by atoms with Gasteiger partial charge in [-0.2, -0.15) is 0 Å². The molecule has 2 aromatic carbocycles. The lowest BCUT2D eigenvalue weighted by Crippen LogP contribution is -2.27. The Morgan fingerprint density at radius 1 is 0.906 bits per heavy atom. The van der Waals surface area contributed by atoms with Gasteiger partial charge in [-0.1, -0.05) is 36.4 Å². The summed E-state index contributed by atoms with van der Waals surface area (Å²) in [5.41, 5.74) is 0.933. The Kier molecular flexibility index (Phi) is 7.07. The number of aromatic hydroxyl groups is 1. The molecule has 0 bridgehead atoms. The monoisotopic (exact) mass is 435 g/mol. The molecule has 0 saturated carbocycles. The Balaban J connectivity index is 1.91. The molecule has 1 N–H and O–H groups in total. The van der Waals surface area contributed by atoms with Crippen LogP contribution in [0.25, 0.3) is 0 Å². The maximum Gasteiger partial charge on any atom is 0.355 e. The zero-order chi connectivity index (χ0) is 23.1. The van der Waals surface area contributed by atoms with Gasteiger partial charge in [0.15, 0.2) is 0 Å². The van der Waals surface area contributed by atoms with Gasteiger partial charge in [0.05, 0.1) is 19.8 Å². The standard InChI is InChI=1S/C24H21NO7/c1-30-22(27)19-10-6-7-13-25(21(19)24(29)31-2)17-11-12-18(20(26)14-17)23(28)32-15-16-8-4-3-5-9-16/h3-14,26H,15H2,1-2H3. The van der Waals surface area contributed by atoms with Crippen LogP contribution in [-0.4, -0.2) is 37.2 Å². The molecule has 1 heterocycles. The Morgan fingerprint density at radius 2 is 1.62 bits per heavy atom. The average Bonchev–Trinajstić information content (AvgIpc) is 3.05. The van der Waals surface area contributed by atoms with Crippen LogP contribution in [0.2, 0.25) is 0 Å². The summed E-state index contributed by atoms with van der Waals surface area (Å²) < 4.78 is 14.9. The summed E-state index contributed by atoms with van der Waals surface area (Å²) in [5, 5.41) is 10.5. The fraction of sp³-hybridized carbons (Fsp3) is 0.125. The summed E-state index contributed by atoms with van der Waals surface area (Å²) in [6.45, 7) is 0.0547. The number of ether oxygens (including phenoxy) is 3. The van der Waals surface area contributed by atoms with Gasteiger partial charge in [-0.3, -0.25) is 0 Å². The number of methoxy groups -OCH3 is 2. The van der Waals surface area contributed by atoms with E-state index in [9.17, 15) is 19.5 Å². The van der Waals surface area contributed by atoms with Gasteiger partial charge in [-0.05, 0) is 29.8 Å². The van der Waals surface area contributed by atoms with E-state index in [1.807, 2.05) is 30.3 Å². The summed E-state index contributed by atoms with van der Waals surface area (Å²) in [6, 6.07) is 13.3. The fourth-order valence-corrected chi connectivity index (χ4v) is 3.01. The van der Waals surface area contributed by atoms with Crippen LogP contribution in [-0.2, 0) is 30.4 Å². The third kappa shape index (κ3) is 4.86. The van der Waals surface area contributed by atoms with Crippen molar-refractivity contribution in [1.82, 2.24) is 0 Å². The van der Waals surface area contributed by atoms with Gasteiger partial charge < -0.3 is 24.2 Å². The molecule has 0 aliphatic carbocycles. The van der Waals surface area contributed by atoms with Crippen LogP contribution in [0.15, 0.2) is 84.2 Å². The molecule has 3 rings (SSSR count). The molecule has 8 nitrogen and oxygen atoms in total. The number of rotatable bonds is 6. The highest BCUT2D eigenvalue weighted by Gasteiger charge is 2.28. The van der Waals surface area contributed by atoms with Gasteiger partial charge in [-0.15, -0.1) is 0 Å². The predicted octanol–water partition coefficient (Wildman–Crippen LogP) is 3.24. The molecule has 0 saturated heterocycles. The van der Waals surface area contributed by atoms with E-state index in [1.165, 1.54) is 49.6 Å². The van der Waals surface area contributed by atoms with E-state index in [2.05, 4.69) is 0 Å². The Hall–Kier alpha value is -4.33. The van der Waals surface area contributed by atoms with E-state index in [0.29, 0.717) is 5.69 Å². The molecule has 0 amide bonds. The zero-order valence-electron chi connectivity index (χ0n) is 17.5. The topological polar surface area (TPSA) is 102 Å². The number of phenols is 1. The maximum absolute atomic E-state index is 12.5. The number of allylic oxidation sites excluding steroid dienone is 2. The van der Waals surface area contributed by atoms with E-state index >= 15 is 0 Å². The van der Waals surface area contributed by atoms with Crippen molar-refractivity contribution in [2.75, 3.05) is 19.1 Å². The number of nitrogens with zero attached hydrogens (tertiary/aromatic N) is 1. The molecule has 1 aliphatic heterocycles. The molecule has 1 aliphatic rings. The second kappa shape index (κ2) is 10.1. The van der Waals surface area contributed by atoms with Crippen molar-refractivity contribution in [2.45, 2.75) is 6.61 Å². The molecule has 32 heavy (non-hydrogen) atoms. The van der Waals surface area contributed by atoms with Crippen molar-refractivity contribution in [1.29, 1.82) is 0 Å². The minimum atomic E-state index is -0.785. The van der Waals surface area contributed by atoms with Gasteiger partial charge in [0.2, 0.25) is 0 Å². The molecular formula is C24H21NO7. The summed E-state index contributed by atoms with van der Waals surface area (Å²) >= 11 is 0. The number of anilines is 1. The highest BCUT2D eigenvalue weighted by atomic mass is 16.5. The Morgan fingerprint density at radius 3 is 2.28 bits per heavy atom. The summed E-state index contributed by atoms with van der Waals surface area (Å²) in [7, 11) is 2.38. The summed E-state index contributed by atoms with van der Waals surface area (Å²) in [4.78, 5) is 38.5. The number of hydrogen-bond donors (Lipinski definition) is 1. The lowest BCUT2D eigenvalue weighted by atomic mass is 10.1. The number of benzene rings is 2. The van der Waals surface area contributed by atoms with Crippen LogP contribution in [0.4, 0.5) is 5.69 Å². The van der Waals surface area contributed by atoms with E-state index in [1.54, 1.807) is 12.2 Å². The lowest BCUT2D eigenvalue weighted by molar-refractivity contribution is -0.139. The molecule has 8 heteroatoms. The smallest absolute Gasteiger partial charge is 0.355 e.